The molecule has 0 saturated carbocycles. The van der Waals surface area contributed by atoms with Gasteiger partial charge in [-0.1, -0.05) is 30.3 Å². The molecule has 1 aromatic rings. The van der Waals surface area contributed by atoms with Crippen molar-refractivity contribution in [3.8, 4) is 0 Å². The first kappa shape index (κ1) is 17.9. The number of carboxylic acids is 1. The molecule has 1 unspecified atom stereocenters. The number of esters is 1. The molecule has 0 aliphatic heterocycles. The summed E-state index contributed by atoms with van der Waals surface area (Å²) < 4.78 is 39.7. The molecule has 1 atom stereocenters. The van der Waals surface area contributed by atoms with Crippen LogP contribution in [0.25, 0.3) is 0 Å². The monoisotopic (exact) mass is 286 g/mol. The van der Waals surface area contributed by atoms with E-state index in [1.807, 2.05) is 0 Å². The Balaban J connectivity index is 0. The number of halogens is 3. The van der Waals surface area contributed by atoms with E-state index in [1.54, 1.807) is 18.2 Å². The maximum atomic E-state index is 11.9. The van der Waals surface area contributed by atoms with Crippen LogP contribution in [0.15, 0.2) is 30.3 Å². The van der Waals surface area contributed by atoms with Gasteiger partial charge in [-0.05, 0) is 5.56 Å². The molecule has 0 radical (unpaired) electrons. The summed E-state index contributed by atoms with van der Waals surface area (Å²) in [6.45, 7) is 0. The quantitative estimate of drug-likeness (QED) is 0.564. The Labute approximate surface area is 130 Å². The summed E-state index contributed by atoms with van der Waals surface area (Å²) in [5.74, 6) is -4.14. The Bertz CT molecular complexity index is 439. The standard InChI is InChI=1S/C11H9F3O4.Na.H/c12-11(13,14)10(17)18-8(9(15)16)6-7-4-2-1-3-5-7;;/h1-5,8H,6H2,(H,15,16);;/q;+1;-1. The molecule has 19 heavy (non-hydrogen) atoms. The van der Waals surface area contributed by atoms with E-state index in [-0.39, 0.29) is 37.4 Å². The van der Waals surface area contributed by atoms with Gasteiger partial charge in [0, 0.05) is 6.42 Å². The molecular weight excluding hydrogens is 276 g/mol. The molecule has 1 rings (SSSR count). The van der Waals surface area contributed by atoms with E-state index in [0.717, 1.165) is 0 Å². The SMILES string of the molecule is O=C(O)C(Cc1ccccc1)OC(=O)C(F)(F)F.[H-].[Na+]. The minimum absolute atomic E-state index is 0. The molecule has 0 spiro atoms. The smallest absolute Gasteiger partial charge is 1.00 e. The first-order valence-corrected chi connectivity index (χ1v) is 4.85. The minimum Gasteiger partial charge on any atom is -1.00 e. The molecule has 0 fully saturated rings. The number of carbonyl (C=O) groups is 2. The number of hydrogen-bond acceptors (Lipinski definition) is 3. The van der Waals surface area contributed by atoms with Gasteiger partial charge in [-0.15, -0.1) is 0 Å². The zero-order valence-corrected chi connectivity index (χ0v) is 12.0. The molecule has 8 heteroatoms. The fourth-order valence-electron chi connectivity index (χ4n) is 1.20. The summed E-state index contributed by atoms with van der Waals surface area (Å²) in [5, 5.41) is 8.70. The minimum atomic E-state index is -5.20. The zero-order chi connectivity index (χ0) is 13.8. The van der Waals surface area contributed by atoms with E-state index in [2.05, 4.69) is 4.74 Å². The third-order valence-electron chi connectivity index (χ3n) is 2.02. The van der Waals surface area contributed by atoms with E-state index in [4.69, 9.17) is 5.11 Å². The van der Waals surface area contributed by atoms with Crippen molar-refractivity contribution in [1.29, 1.82) is 0 Å². The summed E-state index contributed by atoms with van der Waals surface area (Å²) in [5.41, 5.74) is 0.458. The molecule has 4 nitrogen and oxygen atoms in total. The van der Waals surface area contributed by atoms with Gasteiger partial charge in [-0.25, -0.2) is 9.59 Å². The molecule has 1 N–H and O–H groups in total. The fraction of sp³-hybridized carbons (Fsp3) is 0.273. The Kier molecular flexibility index (Phi) is 7.10. The molecule has 0 amide bonds. The number of aliphatic carboxylic acids is 1. The molecule has 0 aliphatic rings. The van der Waals surface area contributed by atoms with Gasteiger partial charge in [0.15, 0.2) is 0 Å². The van der Waals surface area contributed by atoms with Gasteiger partial charge in [0.2, 0.25) is 6.10 Å². The van der Waals surface area contributed by atoms with Crippen LogP contribution in [0.1, 0.15) is 6.99 Å². The van der Waals surface area contributed by atoms with E-state index >= 15 is 0 Å². The zero-order valence-electron chi connectivity index (χ0n) is 11.0. The van der Waals surface area contributed by atoms with Crippen molar-refractivity contribution < 1.29 is 63.6 Å². The predicted molar refractivity (Wildman–Crippen MR) is 54.8 cm³/mol. The van der Waals surface area contributed by atoms with Crippen LogP contribution in [0.3, 0.4) is 0 Å². The molecule has 0 heterocycles. The predicted octanol–water partition coefficient (Wildman–Crippen LogP) is -1.10. The van der Waals surface area contributed by atoms with Gasteiger partial charge in [-0.2, -0.15) is 13.2 Å². The van der Waals surface area contributed by atoms with E-state index in [9.17, 15) is 22.8 Å². The van der Waals surface area contributed by atoms with Crippen LogP contribution >= 0.6 is 0 Å². The van der Waals surface area contributed by atoms with Crippen molar-refractivity contribution in [2.45, 2.75) is 18.7 Å². The van der Waals surface area contributed by atoms with E-state index in [1.165, 1.54) is 12.1 Å². The van der Waals surface area contributed by atoms with Crippen LogP contribution < -0.4 is 29.6 Å². The summed E-state index contributed by atoms with van der Waals surface area (Å²) in [6, 6.07) is 7.91. The van der Waals surface area contributed by atoms with Crippen LogP contribution in [0, 0.1) is 0 Å². The first-order valence-electron chi connectivity index (χ1n) is 4.85. The molecule has 0 aliphatic carbocycles. The Morgan fingerprint density at radius 2 is 1.79 bits per heavy atom. The number of hydrogen-bond donors (Lipinski definition) is 1. The third-order valence-corrected chi connectivity index (χ3v) is 2.02. The van der Waals surface area contributed by atoms with Crippen LogP contribution in [-0.2, 0) is 20.7 Å². The van der Waals surface area contributed by atoms with Gasteiger partial charge in [0.1, 0.15) is 0 Å². The number of rotatable bonds is 4. The summed E-state index contributed by atoms with van der Waals surface area (Å²) >= 11 is 0. The van der Waals surface area contributed by atoms with Gasteiger partial charge in [0.25, 0.3) is 0 Å². The topological polar surface area (TPSA) is 63.6 Å². The average molecular weight is 286 g/mol. The molecular formula is C11H10F3NaO4. The summed E-state index contributed by atoms with van der Waals surface area (Å²) in [7, 11) is 0. The van der Waals surface area contributed by atoms with Crippen LogP contribution in [-0.4, -0.2) is 29.3 Å². The van der Waals surface area contributed by atoms with Gasteiger partial charge >= 0.3 is 47.7 Å². The number of carbonyl (C=O) groups excluding carboxylic acids is 1. The molecule has 0 saturated heterocycles. The average Bonchev–Trinajstić information content (AvgIpc) is 2.28. The van der Waals surface area contributed by atoms with E-state index in [0.29, 0.717) is 5.56 Å². The Morgan fingerprint density at radius 1 is 1.26 bits per heavy atom. The second kappa shape index (κ2) is 7.52. The van der Waals surface area contributed by atoms with Gasteiger partial charge in [0.05, 0.1) is 0 Å². The maximum absolute atomic E-state index is 11.9. The van der Waals surface area contributed by atoms with Crippen molar-refractivity contribution in [2.75, 3.05) is 0 Å². The Hall–Kier alpha value is -1.05. The van der Waals surface area contributed by atoms with Crippen LogP contribution in [0.2, 0.25) is 0 Å². The largest absolute Gasteiger partial charge is 1.00 e. The van der Waals surface area contributed by atoms with Crippen molar-refractivity contribution in [3.63, 3.8) is 0 Å². The van der Waals surface area contributed by atoms with Gasteiger partial charge in [-0.3, -0.25) is 0 Å². The maximum Gasteiger partial charge on any atom is 1.00 e. The normalized spacial score (nSPS) is 12.2. The second-order valence-corrected chi connectivity index (χ2v) is 3.42. The molecule has 1 aromatic carbocycles. The first-order chi connectivity index (χ1) is 8.30. The fourth-order valence-corrected chi connectivity index (χ4v) is 1.20. The van der Waals surface area contributed by atoms with Crippen molar-refractivity contribution in [3.05, 3.63) is 35.9 Å². The van der Waals surface area contributed by atoms with Crippen molar-refractivity contribution in [1.82, 2.24) is 0 Å². The number of ether oxygens (including phenoxy) is 1. The summed E-state index contributed by atoms with van der Waals surface area (Å²) in [6.07, 6.45) is -7.39. The second-order valence-electron chi connectivity index (χ2n) is 3.42. The van der Waals surface area contributed by atoms with Crippen molar-refractivity contribution >= 4 is 11.9 Å². The van der Waals surface area contributed by atoms with Gasteiger partial charge < -0.3 is 11.3 Å². The number of alkyl halides is 3. The number of carboxylic acid groups (broad SMARTS) is 1. The van der Waals surface area contributed by atoms with E-state index < -0.39 is 24.2 Å². The molecule has 0 bridgehead atoms. The Morgan fingerprint density at radius 3 is 2.21 bits per heavy atom. The third kappa shape index (κ3) is 6.09. The number of benzene rings is 1. The van der Waals surface area contributed by atoms with Crippen molar-refractivity contribution in [2.24, 2.45) is 0 Å². The molecule has 100 valence electrons. The van der Waals surface area contributed by atoms with Crippen LogP contribution in [0.4, 0.5) is 13.2 Å². The molecule has 0 aromatic heterocycles. The van der Waals surface area contributed by atoms with Crippen LogP contribution in [0.5, 0.6) is 0 Å². The summed E-state index contributed by atoms with van der Waals surface area (Å²) in [4.78, 5) is 21.3.